The summed E-state index contributed by atoms with van der Waals surface area (Å²) in [5.74, 6) is -1.37. The number of carbonyl (C=O) groups is 2. The van der Waals surface area contributed by atoms with Gasteiger partial charge in [-0.15, -0.1) is 0 Å². The topological polar surface area (TPSA) is 82.9 Å². The minimum absolute atomic E-state index is 0.153. The molecule has 0 aliphatic carbocycles. The minimum atomic E-state index is -0.926. The monoisotopic (exact) mass is 333 g/mol. The number of allylic oxidation sites excluding steroid dienone is 1. The van der Waals surface area contributed by atoms with E-state index in [1.54, 1.807) is 48.7 Å². The van der Waals surface area contributed by atoms with E-state index in [-0.39, 0.29) is 11.7 Å². The third kappa shape index (κ3) is 5.11. The third-order valence-corrected chi connectivity index (χ3v) is 3.50. The number of amides is 1. The fourth-order valence-corrected chi connectivity index (χ4v) is 2.26. The van der Waals surface area contributed by atoms with Crippen molar-refractivity contribution in [2.24, 2.45) is 0 Å². The van der Waals surface area contributed by atoms with Gasteiger partial charge in [-0.25, -0.2) is 0 Å². The Bertz CT molecular complexity index is 814. The van der Waals surface area contributed by atoms with E-state index in [1.807, 2.05) is 19.9 Å². The van der Waals surface area contributed by atoms with Gasteiger partial charge in [-0.2, -0.15) is 5.26 Å². The van der Waals surface area contributed by atoms with Crippen molar-refractivity contribution in [3.63, 3.8) is 0 Å². The standard InChI is InChI=1S/C20H19N3O2/c1-14(2)11-19(24)23-13-15-6-8-16(9-7-15)20(25)17(12-21)18-5-3-4-10-22-18/h3-11,17H,13H2,1-2H3,(H,23,24). The number of nitrogens with one attached hydrogen (secondary N) is 1. The van der Waals surface area contributed by atoms with Gasteiger partial charge in [0.25, 0.3) is 0 Å². The van der Waals surface area contributed by atoms with Gasteiger partial charge in [-0.05, 0) is 31.5 Å². The van der Waals surface area contributed by atoms with Crippen molar-refractivity contribution in [2.75, 3.05) is 0 Å². The second-order valence-corrected chi connectivity index (χ2v) is 5.82. The van der Waals surface area contributed by atoms with E-state index in [4.69, 9.17) is 0 Å². The lowest BCUT2D eigenvalue weighted by Crippen LogP contribution is -2.20. The molecule has 1 unspecified atom stereocenters. The molecule has 126 valence electrons. The van der Waals surface area contributed by atoms with Crippen LogP contribution in [0.5, 0.6) is 0 Å². The van der Waals surface area contributed by atoms with Gasteiger partial charge >= 0.3 is 0 Å². The minimum Gasteiger partial charge on any atom is -0.348 e. The highest BCUT2D eigenvalue weighted by Crippen LogP contribution is 2.19. The number of ketones is 1. The van der Waals surface area contributed by atoms with Crippen molar-refractivity contribution in [2.45, 2.75) is 26.3 Å². The molecule has 1 aromatic carbocycles. The summed E-state index contributed by atoms with van der Waals surface area (Å²) in [4.78, 5) is 28.2. The highest BCUT2D eigenvalue weighted by Gasteiger charge is 2.22. The number of rotatable bonds is 6. The Balaban J connectivity index is 2.06. The zero-order valence-electron chi connectivity index (χ0n) is 14.2. The quantitative estimate of drug-likeness (QED) is 0.650. The Hall–Kier alpha value is -3.26. The summed E-state index contributed by atoms with van der Waals surface area (Å²) < 4.78 is 0. The van der Waals surface area contributed by atoms with Gasteiger partial charge in [-0.3, -0.25) is 14.6 Å². The molecule has 2 aromatic rings. The summed E-state index contributed by atoms with van der Waals surface area (Å²) in [5, 5.41) is 12.1. The molecule has 0 aliphatic heterocycles. The molecule has 2 rings (SSSR count). The Morgan fingerprint density at radius 3 is 2.48 bits per heavy atom. The molecule has 1 amide bonds. The smallest absolute Gasteiger partial charge is 0.244 e. The average molecular weight is 333 g/mol. The van der Waals surface area contributed by atoms with Gasteiger partial charge < -0.3 is 5.32 Å². The second-order valence-electron chi connectivity index (χ2n) is 5.82. The van der Waals surface area contributed by atoms with E-state index in [1.165, 1.54) is 6.08 Å². The summed E-state index contributed by atoms with van der Waals surface area (Å²) in [5.41, 5.74) is 2.68. The Morgan fingerprint density at radius 1 is 1.20 bits per heavy atom. The molecular weight excluding hydrogens is 314 g/mol. The first-order valence-electron chi connectivity index (χ1n) is 7.87. The van der Waals surface area contributed by atoms with Crippen LogP contribution in [-0.4, -0.2) is 16.7 Å². The summed E-state index contributed by atoms with van der Waals surface area (Å²) in [6, 6.07) is 14.0. The zero-order chi connectivity index (χ0) is 18.2. The predicted molar refractivity (Wildman–Crippen MR) is 94.6 cm³/mol. The molecule has 5 nitrogen and oxygen atoms in total. The number of hydrogen-bond donors (Lipinski definition) is 1. The van der Waals surface area contributed by atoms with Gasteiger partial charge in [-0.1, -0.05) is 35.9 Å². The largest absolute Gasteiger partial charge is 0.348 e. The predicted octanol–water partition coefficient (Wildman–Crippen LogP) is 3.15. The van der Waals surface area contributed by atoms with Crippen molar-refractivity contribution in [1.82, 2.24) is 10.3 Å². The Morgan fingerprint density at radius 2 is 1.92 bits per heavy atom. The summed E-state index contributed by atoms with van der Waals surface area (Å²) in [6.45, 7) is 4.08. The number of Topliss-reactive ketones (excluding diaryl/α,β-unsaturated/α-hetero) is 1. The molecule has 1 atom stereocenters. The van der Waals surface area contributed by atoms with Gasteiger partial charge in [0, 0.05) is 24.4 Å². The number of carbonyl (C=O) groups excluding carboxylic acids is 2. The van der Waals surface area contributed by atoms with E-state index in [0.717, 1.165) is 11.1 Å². The molecule has 0 radical (unpaired) electrons. The van der Waals surface area contributed by atoms with Crippen molar-refractivity contribution in [3.8, 4) is 6.07 Å². The molecule has 1 N–H and O–H groups in total. The van der Waals surface area contributed by atoms with E-state index in [0.29, 0.717) is 17.8 Å². The van der Waals surface area contributed by atoms with Crippen molar-refractivity contribution < 1.29 is 9.59 Å². The van der Waals surface area contributed by atoms with Crippen LogP contribution in [0.15, 0.2) is 60.3 Å². The molecule has 0 saturated carbocycles. The number of hydrogen-bond acceptors (Lipinski definition) is 4. The van der Waals surface area contributed by atoms with Crippen LogP contribution >= 0.6 is 0 Å². The van der Waals surface area contributed by atoms with Crippen LogP contribution in [0.3, 0.4) is 0 Å². The fourth-order valence-electron chi connectivity index (χ4n) is 2.26. The van der Waals surface area contributed by atoms with Gasteiger partial charge in [0.15, 0.2) is 11.7 Å². The molecule has 0 spiro atoms. The average Bonchev–Trinajstić information content (AvgIpc) is 2.61. The normalized spacial score (nSPS) is 11.1. The van der Waals surface area contributed by atoms with Crippen LogP contribution in [-0.2, 0) is 11.3 Å². The highest BCUT2D eigenvalue weighted by atomic mass is 16.1. The summed E-state index contributed by atoms with van der Waals surface area (Å²) in [7, 11) is 0. The van der Waals surface area contributed by atoms with Crippen LogP contribution in [0.4, 0.5) is 0 Å². The lowest BCUT2D eigenvalue weighted by atomic mass is 9.95. The van der Waals surface area contributed by atoms with Crippen LogP contribution in [0.1, 0.15) is 41.4 Å². The molecule has 25 heavy (non-hydrogen) atoms. The molecule has 5 heteroatoms. The summed E-state index contributed by atoms with van der Waals surface area (Å²) in [6.07, 6.45) is 3.09. The number of nitrogens with zero attached hydrogens (tertiary/aromatic N) is 2. The van der Waals surface area contributed by atoms with Crippen LogP contribution in [0, 0.1) is 11.3 Å². The van der Waals surface area contributed by atoms with E-state index < -0.39 is 5.92 Å². The Kier molecular flexibility index (Phi) is 6.19. The van der Waals surface area contributed by atoms with Gasteiger partial charge in [0.05, 0.1) is 11.8 Å². The number of benzene rings is 1. The maximum Gasteiger partial charge on any atom is 0.244 e. The van der Waals surface area contributed by atoms with E-state index >= 15 is 0 Å². The van der Waals surface area contributed by atoms with E-state index in [2.05, 4.69) is 10.3 Å². The van der Waals surface area contributed by atoms with Crippen molar-refractivity contribution >= 4 is 11.7 Å². The van der Waals surface area contributed by atoms with Crippen LogP contribution in [0.2, 0.25) is 0 Å². The van der Waals surface area contributed by atoms with Gasteiger partial charge in [0.2, 0.25) is 5.91 Å². The second kappa shape index (κ2) is 8.55. The first kappa shape index (κ1) is 18.1. The summed E-state index contributed by atoms with van der Waals surface area (Å²) >= 11 is 0. The molecular formula is C20H19N3O2. The van der Waals surface area contributed by atoms with Crippen molar-refractivity contribution in [3.05, 3.63) is 77.1 Å². The number of pyridine rings is 1. The van der Waals surface area contributed by atoms with Gasteiger partial charge in [0.1, 0.15) is 0 Å². The highest BCUT2D eigenvalue weighted by molar-refractivity contribution is 6.02. The molecule has 0 aliphatic rings. The lowest BCUT2D eigenvalue weighted by molar-refractivity contribution is -0.116. The van der Waals surface area contributed by atoms with E-state index in [9.17, 15) is 14.9 Å². The number of aromatic nitrogens is 1. The maximum atomic E-state index is 12.5. The molecule has 0 fully saturated rings. The van der Waals surface area contributed by atoms with Crippen LogP contribution in [0.25, 0.3) is 0 Å². The molecule has 1 aromatic heterocycles. The SMILES string of the molecule is CC(C)=CC(=O)NCc1ccc(C(=O)C(C#N)c2ccccn2)cc1. The molecule has 1 heterocycles. The van der Waals surface area contributed by atoms with Crippen molar-refractivity contribution in [1.29, 1.82) is 5.26 Å². The molecule has 0 bridgehead atoms. The van der Waals surface area contributed by atoms with Crippen LogP contribution < -0.4 is 5.32 Å². The third-order valence-electron chi connectivity index (χ3n) is 3.50. The fraction of sp³-hybridized carbons (Fsp3) is 0.200. The molecule has 0 saturated heterocycles. The first-order valence-corrected chi connectivity index (χ1v) is 7.87. The lowest BCUT2D eigenvalue weighted by Gasteiger charge is -2.09. The maximum absolute atomic E-state index is 12.5. The zero-order valence-corrected chi connectivity index (χ0v) is 14.2. The Labute approximate surface area is 147 Å². The number of nitriles is 1. The first-order chi connectivity index (χ1) is 12.0.